The summed E-state index contributed by atoms with van der Waals surface area (Å²) in [5.41, 5.74) is 7.72. The van der Waals surface area contributed by atoms with E-state index in [2.05, 4.69) is 84.7 Å². The Morgan fingerprint density at radius 3 is 1.80 bits per heavy atom. The minimum Gasteiger partial charge on any atom is -0.382 e. The van der Waals surface area contributed by atoms with Crippen LogP contribution in [0.2, 0.25) is 0 Å². The molecule has 0 aromatic heterocycles. The second kappa shape index (κ2) is 6.57. The van der Waals surface area contributed by atoms with Crippen LogP contribution in [0.1, 0.15) is 58.2 Å². The van der Waals surface area contributed by atoms with Gasteiger partial charge in [-0.15, -0.1) is 0 Å². The Labute approximate surface area is 153 Å². The van der Waals surface area contributed by atoms with Crippen molar-refractivity contribution in [2.75, 3.05) is 7.05 Å². The summed E-state index contributed by atoms with van der Waals surface area (Å²) in [6.45, 7) is 17.5. The Hall–Kier alpha value is -1.67. The molecule has 0 bridgehead atoms. The molecule has 2 heteroatoms. The number of allylic oxidation sites excluding steroid dienone is 2. The van der Waals surface area contributed by atoms with Crippen LogP contribution in [0, 0.1) is 24.7 Å². The third-order valence-electron chi connectivity index (χ3n) is 4.77. The molecule has 0 spiro atoms. The molecule has 136 valence electrons. The van der Waals surface area contributed by atoms with Gasteiger partial charge in [0.15, 0.2) is 0 Å². The Morgan fingerprint density at radius 1 is 0.880 bits per heavy atom. The lowest BCUT2D eigenvalue weighted by atomic mass is 9.67. The van der Waals surface area contributed by atoms with Crippen molar-refractivity contribution in [3.8, 4) is 0 Å². The van der Waals surface area contributed by atoms with Gasteiger partial charge < -0.3 is 5.11 Å². The number of rotatable bonds is 1. The molecule has 0 amide bonds. The summed E-state index contributed by atoms with van der Waals surface area (Å²) in [5.74, 6) is 0. The molecule has 0 radical (unpaired) electrons. The number of aryl methyl sites for hydroxylation is 2. The van der Waals surface area contributed by atoms with Crippen molar-refractivity contribution in [1.29, 1.82) is 0 Å². The molecule has 0 fully saturated rings. The quantitative estimate of drug-likeness (QED) is 0.718. The Kier molecular flexibility index (Phi) is 5.16. The minimum absolute atomic E-state index is 0.0421. The van der Waals surface area contributed by atoms with Gasteiger partial charge in [0, 0.05) is 7.05 Å². The average molecular weight is 340 g/mol. The fraction of sp³-hybridized carbons (Fsp3) is 0.522. The van der Waals surface area contributed by atoms with Crippen LogP contribution in [0.15, 0.2) is 40.4 Å². The molecule has 2 rings (SSSR count). The Morgan fingerprint density at radius 2 is 1.40 bits per heavy atom. The summed E-state index contributed by atoms with van der Waals surface area (Å²) in [7, 11) is 1.76. The second-order valence-electron chi connectivity index (χ2n) is 9.27. The molecule has 0 saturated heterocycles. The van der Waals surface area contributed by atoms with Crippen molar-refractivity contribution in [3.05, 3.63) is 52.1 Å². The highest BCUT2D eigenvalue weighted by atomic mass is 16.3. The molecule has 1 unspecified atom stereocenters. The van der Waals surface area contributed by atoms with Crippen LogP contribution in [0.4, 0.5) is 0 Å². The maximum Gasteiger partial charge on any atom is 0.118 e. The molecule has 2 nitrogen and oxygen atoms in total. The molecule has 1 aliphatic carbocycles. The normalized spacial score (nSPS) is 21.0. The number of hydrogen-bond acceptors (Lipinski definition) is 2. The molecule has 0 aliphatic heterocycles. The van der Waals surface area contributed by atoms with Crippen molar-refractivity contribution in [2.45, 2.75) is 61.5 Å². The van der Waals surface area contributed by atoms with E-state index >= 15 is 0 Å². The monoisotopic (exact) mass is 339 g/mol. The van der Waals surface area contributed by atoms with Gasteiger partial charge in [0.05, 0.1) is 5.71 Å². The Balaban J connectivity index is 2.93. The van der Waals surface area contributed by atoms with E-state index in [1.807, 2.05) is 0 Å². The maximum absolute atomic E-state index is 11.1. The lowest BCUT2D eigenvalue weighted by Gasteiger charge is -2.39. The first-order valence-corrected chi connectivity index (χ1v) is 9.07. The number of nitrogens with zero attached hydrogens (tertiary/aromatic N) is 1. The van der Waals surface area contributed by atoms with Crippen LogP contribution in [-0.4, -0.2) is 24.0 Å². The van der Waals surface area contributed by atoms with Crippen LogP contribution in [0.25, 0.3) is 5.57 Å². The fourth-order valence-electron chi connectivity index (χ4n) is 3.72. The SMILES string of the molecule is C/N=C1/C=C(C(C)(C)C)C(c2cc(C)cc(C)c2)=C(C(C)(C)C)C1O. The van der Waals surface area contributed by atoms with Crippen LogP contribution in [-0.2, 0) is 0 Å². The molecule has 1 N–H and O–H groups in total. The summed E-state index contributed by atoms with van der Waals surface area (Å²) in [5, 5.41) is 11.1. The highest BCUT2D eigenvalue weighted by molar-refractivity contribution is 6.09. The van der Waals surface area contributed by atoms with E-state index in [0.717, 1.165) is 11.3 Å². The zero-order chi connectivity index (χ0) is 19.2. The van der Waals surface area contributed by atoms with Crippen molar-refractivity contribution in [1.82, 2.24) is 0 Å². The van der Waals surface area contributed by atoms with Crippen LogP contribution >= 0.6 is 0 Å². The minimum atomic E-state index is -0.660. The highest BCUT2D eigenvalue weighted by Gasteiger charge is 2.37. The predicted molar refractivity (Wildman–Crippen MR) is 109 cm³/mol. The fourth-order valence-corrected chi connectivity index (χ4v) is 3.72. The summed E-state index contributed by atoms with van der Waals surface area (Å²) in [6.07, 6.45) is 1.43. The van der Waals surface area contributed by atoms with E-state index in [9.17, 15) is 5.11 Å². The molecule has 1 aromatic rings. The average Bonchev–Trinajstić information content (AvgIpc) is 2.42. The van der Waals surface area contributed by atoms with E-state index in [1.54, 1.807) is 7.05 Å². The second-order valence-corrected chi connectivity index (χ2v) is 9.27. The van der Waals surface area contributed by atoms with Gasteiger partial charge in [0.1, 0.15) is 6.10 Å². The Bertz CT molecular complexity index is 744. The van der Waals surface area contributed by atoms with Crippen molar-refractivity contribution < 1.29 is 5.11 Å². The van der Waals surface area contributed by atoms with E-state index in [0.29, 0.717) is 0 Å². The van der Waals surface area contributed by atoms with Gasteiger partial charge in [-0.25, -0.2) is 0 Å². The van der Waals surface area contributed by atoms with Crippen molar-refractivity contribution >= 4 is 11.3 Å². The topological polar surface area (TPSA) is 32.6 Å². The van der Waals surface area contributed by atoms with Crippen LogP contribution < -0.4 is 0 Å². The molecule has 0 heterocycles. The standard InChI is InChI=1S/C23H33NO/c1-14-10-15(2)12-16(11-14)19-17(22(3,4)5)13-18(24-9)21(25)20(19)23(6,7)8/h10-13,21,25H,1-9H3/b24-18-. The van der Waals surface area contributed by atoms with Crippen LogP contribution in [0.5, 0.6) is 0 Å². The number of aliphatic imine (C=N–C) groups is 1. The number of aliphatic hydroxyl groups excluding tert-OH is 1. The molecular formula is C23H33NO. The zero-order valence-electron chi connectivity index (χ0n) is 17.3. The van der Waals surface area contributed by atoms with Gasteiger partial charge in [0.2, 0.25) is 0 Å². The molecule has 25 heavy (non-hydrogen) atoms. The van der Waals surface area contributed by atoms with Crippen LogP contribution in [0.3, 0.4) is 0 Å². The zero-order valence-corrected chi connectivity index (χ0v) is 17.3. The molecular weight excluding hydrogens is 306 g/mol. The van der Waals surface area contributed by atoms with Gasteiger partial charge in [-0.05, 0) is 53.0 Å². The predicted octanol–water partition coefficient (Wildman–Crippen LogP) is 5.52. The summed E-state index contributed by atoms with van der Waals surface area (Å²) in [6, 6.07) is 6.66. The number of aliphatic hydroxyl groups is 1. The van der Waals surface area contributed by atoms with E-state index < -0.39 is 6.10 Å². The lowest BCUT2D eigenvalue weighted by Crippen LogP contribution is -2.35. The van der Waals surface area contributed by atoms with Gasteiger partial charge >= 0.3 is 0 Å². The highest BCUT2D eigenvalue weighted by Crippen LogP contribution is 2.47. The third kappa shape index (κ3) is 3.95. The van der Waals surface area contributed by atoms with E-state index in [1.165, 1.54) is 27.8 Å². The number of hydrogen-bond donors (Lipinski definition) is 1. The first-order chi connectivity index (χ1) is 11.4. The third-order valence-corrected chi connectivity index (χ3v) is 4.77. The molecule has 1 aliphatic rings. The number of benzene rings is 1. The lowest BCUT2D eigenvalue weighted by molar-refractivity contribution is 0.245. The smallest absolute Gasteiger partial charge is 0.118 e. The van der Waals surface area contributed by atoms with Gasteiger partial charge in [-0.3, -0.25) is 4.99 Å². The van der Waals surface area contributed by atoms with Crippen molar-refractivity contribution in [3.63, 3.8) is 0 Å². The van der Waals surface area contributed by atoms with Gasteiger partial charge in [0.25, 0.3) is 0 Å². The van der Waals surface area contributed by atoms with E-state index in [-0.39, 0.29) is 10.8 Å². The first-order valence-electron chi connectivity index (χ1n) is 9.07. The van der Waals surface area contributed by atoms with E-state index in [4.69, 9.17) is 0 Å². The molecule has 0 saturated carbocycles. The first kappa shape index (κ1) is 19.7. The van der Waals surface area contributed by atoms with Gasteiger partial charge in [-0.1, -0.05) is 70.9 Å². The summed E-state index contributed by atoms with van der Waals surface area (Å²) >= 11 is 0. The summed E-state index contributed by atoms with van der Waals surface area (Å²) < 4.78 is 0. The van der Waals surface area contributed by atoms with Crippen molar-refractivity contribution in [2.24, 2.45) is 15.8 Å². The molecule has 1 aromatic carbocycles. The summed E-state index contributed by atoms with van der Waals surface area (Å²) in [4.78, 5) is 4.38. The molecule has 1 atom stereocenters. The van der Waals surface area contributed by atoms with Gasteiger partial charge in [-0.2, -0.15) is 0 Å². The maximum atomic E-state index is 11.1. The largest absolute Gasteiger partial charge is 0.382 e.